The monoisotopic (exact) mass is 356 g/mol. The van der Waals surface area contributed by atoms with Crippen LogP contribution >= 0.6 is 11.8 Å². The lowest BCUT2D eigenvalue weighted by Crippen LogP contribution is -2.27. The summed E-state index contributed by atoms with van der Waals surface area (Å²) in [6.07, 6.45) is 6.98. The van der Waals surface area contributed by atoms with Crippen LogP contribution < -0.4 is 10.5 Å². The first-order chi connectivity index (χ1) is 10.9. The summed E-state index contributed by atoms with van der Waals surface area (Å²) >= 11 is 1.77. The zero-order valence-corrected chi connectivity index (χ0v) is 15.0. The number of thioether (sulfide) groups is 1. The van der Waals surface area contributed by atoms with E-state index in [9.17, 15) is 13.2 Å². The Labute approximate surface area is 142 Å². The molecular weight excluding hydrogens is 332 g/mol. The summed E-state index contributed by atoms with van der Waals surface area (Å²) in [7, 11) is -3.71. The van der Waals surface area contributed by atoms with Crippen molar-refractivity contribution in [3.63, 3.8) is 0 Å². The van der Waals surface area contributed by atoms with Crippen LogP contribution in [0.25, 0.3) is 0 Å². The van der Waals surface area contributed by atoms with Gasteiger partial charge in [-0.15, -0.1) is 11.8 Å². The van der Waals surface area contributed by atoms with Crippen LogP contribution in [0.1, 0.15) is 45.4 Å². The van der Waals surface area contributed by atoms with Crippen molar-refractivity contribution in [1.29, 1.82) is 0 Å². The molecule has 1 amide bonds. The van der Waals surface area contributed by atoms with Gasteiger partial charge in [0, 0.05) is 10.9 Å². The number of carbonyl (C=O) groups excluding carboxylic acids is 1. The minimum Gasteiger partial charge on any atom is -0.325 e. The minimum absolute atomic E-state index is 0.0218. The van der Waals surface area contributed by atoms with E-state index < -0.39 is 10.0 Å². The second-order valence-electron chi connectivity index (χ2n) is 5.85. The van der Waals surface area contributed by atoms with Crippen LogP contribution in [-0.2, 0) is 14.8 Å². The predicted molar refractivity (Wildman–Crippen MR) is 95.0 cm³/mol. The largest absolute Gasteiger partial charge is 0.325 e. The van der Waals surface area contributed by atoms with E-state index in [1.165, 1.54) is 44.2 Å². The molecular formula is C16H24N2O3S2. The third-order valence-electron chi connectivity index (χ3n) is 4.02. The number of nitrogens with two attached hydrogens (primary N) is 1. The Kier molecular flexibility index (Phi) is 6.50. The molecule has 128 valence electrons. The van der Waals surface area contributed by atoms with E-state index in [4.69, 9.17) is 5.14 Å². The summed E-state index contributed by atoms with van der Waals surface area (Å²) in [6.45, 7) is 2.02. The lowest BCUT2D eigenvalue weighted by Gasteiger charge is -2.25. The summed E-state index contributed by atoms with van der Waals surface area (Å²) in [6, 6.07) is 5.94. The minimum atomic E-state index is -3.71. The van der Waals surface area contributed by atoms with Gasteiger partial charge in [-0.25, -0.2) is 13.6 Å². The number of anilines is 1. The molecule has 0 saturated heterocycles. The zero-order chi connectivity index (χ0) is 16.9. The van der Waals surface area contributed by atoms with E-state index in [0.29, 0.717) is 10.9 Å². The second kappa shape index (κ2) is 8.17. The molecule has 1 atom stereocenters. The van der Waals surface area contributed by atoms with Crippen LogP contribution in [0.15, 0.2) is 29.2 Å². The highest BCUT2D eigenvalue weighted by atomic mass is 32.2. The molecule has 1 aromatic rings. The third kappa shape index (κ3) is 5.51. The molecule has 1 saturated carbocycles. The highest BCUT2D eigenvalue weighted by molar-refractivity contribution is 8.01. The van der Waals surface area contributed by atoms with Gasteiger partial charge < -0.3 is 5.32 Å². The van der Waals surface area contributed by atoms with Crippen molar-refractivity contribution < 1.29 is 13.2 Å². The molecule has 1 aromatic carbocycles. The summed E-state index contributed by atoms with van der Waals surface area (Å²) in [4.78, 5) is 12.5. The SMILES string of the molecule is CCC(SC1CCCCC1)C(=O)Nc1ccc(S(N)(=O)=O)cc1. The number of carbonyl (C=O) groups is 1. The average Bonchev–Trinajstić information content (AvgIpc) is 2.53. The molecule has 5 nitrogen and oxygen atoms in total. The van der Waals surface area contributed by atoms with Crippen LogP contribution in [0.4, 0.5) is 5.69 Å². The van der Waals surface area contributed by atoms with Gasteiger partial charge in [-0.05, 0) is 43.5 Å². The first-order valence-electron chi connectivity index (χ1n) is 7.99. The number of hydrogen-bond acceptors (Lipinski definition) is 4. The van der Waals surface area contributed by atoms with Gasteiger partial charge in [-0.3, -0.25) is 4.79 Å². The van der Waals surface area contributed by atoms with E-state index in [2.05, 4.69) is 5.32 Å². The summed E-state index contributed by atoms with van der Waals surface area (Å²) in [5.74, 6) is -0.0218. The third-order valence-corrected chi connectivity index (χ3v) is 6.68. The number of rotatable bonds is 6. The van der Waals surface area contributed by atoms with Gasteiger partial charge in [-0.1, -0.05) is 26.2 Å². The topological polar surface area (TPSA) is 89.3 Å². The lowest BCUT2D eigenvalue weighted by atomic mass is 10.0. The molecule has 3 N–H and O–H groups in total. The maximum atomic E-state index is 12.4. The van der Waals surface area contributed by atoms with Gasteiger partial charge >= 0.3 is 0 Å². The highest BCUT2D eigenvalue weighted by Gasteiger charge is 2.23. The van der Waals surface area contributed by atoms with Crippen LogP contribution in [-0.4, -0.2) is 24.8 Å². The molecule has 0 heterocycles. The van der Waals surface area contributed by atoms with Crippen molar-refractivity contribution in [2.75, 3.05) is 5.32 Å². The van der Waals surface area contributed by atoms with Crippen molar-refractivity contribution in [2.24, 2.45) is 5.14 Å². The van der Waals surface area contributed by atoms with Gasteiger partial charge in [-0.2, -0.15) is 0 Å². The maximum Gasteiger partial charge on any atom is 0.238 e. The Balaban J connectivity index is 1.95. The Morgan fingerprint density at radius 1 is 1.26 bits per heavy atom. The van der Waals surface area contributed by atoms with Gasteiger partial charge in [0.15, 0.2) is 0 Å². The molecule has 0 aliphatic heterocycles. The van der Waals surface area contributed by atoms with E-state index in [1.54, 1.807) is 23.9 Å². The summed E-state index contributed by atoms with van der Waals surface area (Å²) < 4.78 is 22.5. The second-order valence-corrected chi connectivity index (χ2v) is 8.92. The molecule has 1 unspecified atom stereocenters. The van der Waals surface area contributed by atoms with Crippen molar-refractivity contribution in [3.05, 3.63) is 24.3 Å². The first-order valence-corrected chi connectivity index (χ1v) is 10.5. The van der Waals surface area contributed by atoms with Gasteiger partial charge in [0.05, 0.1) is 10.1 Å². The standard InChI is InChI=1S/C16H24N2O3S2/c1-2-15(22-13-6-4-3-5-7-13)16(19)18-12-8-10-14(11-9-12)23(17,20)21/h8-11,13,15H,2-7H2,1H3,(H,18,19)(H2,17,20,21). The Morgan fingerprint density at radius 3 is 2.39 bits per heavy atom. The lowest BCUT2D eigenvalue weighted by molar-refractivity contribution is -0.115. The number of hydrogen-bond donors (Lipinski definition) is 2. The molecule has 1 aliphatic rings. The number of sulfonamides is 1. The van der Waals surface area contributed by atoms with E-state index in [0.717, 1.165) is 6.42 Å². The molecule has 7 heteroatoms. The number of nitrogens with one attached hydrogen (secondary N) is 1. The Morgan fingerprint density at radius 2 is 1.87 bits per heavy atom. The molecule has 1 aliphatic carbocycles. The van der Waals surface area contributed by atoms with E-state index in [-0.39, 0.29) is 16.1 Å². The summed E-state index contributed by atoms with van der Waals surface area (Å²) in [5, 5.41) is 8.43. The number of amides is 1. The van der Waals surface area contributed by atoms with E-state index in [1.807, 2.05) is 6.92 Å². The predicted octanol–water partition coefficient (Wildman–Crippen LogP) is 3.12. The van der Waals surface area contributed by atoms with Crippen molar-refractivity contribution in [1.82, 2.24) is 0 Å². The molecule has 0 radical (unpaired) electrons. The molecule has 0 bridgehead atoms. The number of benzene rings is 1. The van der Waals surface area contributed by atoms with Gasteiger partial charge in [0.25, 0.3) is 0 Å². The molecule has 0 aromatic heterocycles. The normalized spacial score (nSPS) is 17.7. The van der Waals surface area contributed by atoms with Crippen molar-refractivity contribution in [2.45, 2.75) is 60.8 Å². The maximum absolute atomic E-state index is 12.4. The fraction of sp³-hybridized carbons (Fsp3) is 0.562. The average molecular weight is 357 g/mol. The van der Waals surface area contributed by atoms with Crippen molar-refractivity contribution >= 4 is 33.4 Å². The van der Waals surface area contributed by atoms with Crippen LogP contribution in [0.3, 0.4) is 0 Å². The molecule has 0 spiro atoms. The van der Waals surface area contributed by atoms with Crippen LogP contribution in [0, 0.1) is 0 Å². The van der Waals surface area contributed by atoms with Gasteiger partial charge in [0.1, 0.15) is 0 Å². The zero-order valence-electron chi connectivity index (χ0n) is 13.3. The van der Waals surface area contributed by atoms with Crippen LogP contribution in [0.5, 0.6) is 0 Å². The fourth-order valence-electron chi connectivity index (χ4n) is 2.73. The smallest absolute Gasteiger partial charge is 0.238 e. The fourth-order valence-corrected chi connectivity index (χ4v) is 4.69. The molecule has 2 rings (SSSR count). The molecule has 23 heavy (non-hydrogen) atoms. The highest BCUT2D eigenvalue weighted by Crippen LogP contribution is 2.32. The number of primary sulfonamides is 1. The molecule has 1 fully saturated rings. The summed E-state index contributed by atoms with van der Waals surface area (Å²) in [5.41, 5.74) is 0.588. The van der Waals surface area contributed by atoms with Gasteiger partial charge in [0.2, 0.25) is 15.9 Å². The first kappa shape index (κ1) is 18.3. The van der Waals surface area contributed by atoms with Crippen molar-refractivity contribution in [3.8, 4) is 0 Å². The Hall–Kier alpha value is -1.05. The van der Waals surface area contributed by atoms with Crippen LogP contribution in [0.2, 0.25) is 0 Å². The Bertz CT molecular complexity index is 623. The quantitative estimate of drug-likeness (QED) is 0.819. The van der Waals surface area contributed by atoms with E-state index >= 15 is 0 Å².